The molecule has 1 fully saturated rings. The maximum atomic E-state index is 12.2. The molecule has 144 valence electrons. The van der Waals surface area contributed by atoms with Gasteiger partial charge in [0.2, 0.25) is 5.91 Å². The van der Waals surface area contributed by atoms with Crippen molar-refractivity contribution in [3.05, 3.63) is 60.2 Å². The van der Waals surface area contributed by atoms with Gasteiger partial charge in [0.05, 0.1) is 11.9 Å². The molecule has 1 amide bonds. The molecule has 0 aliphatic carbocycles. The third kappa shape index (κ3) is 4.31. The zero-order chi connectivity index (χ0) is 19.2. The van der Waals surface area contributed by atoms with E-state index < -0.39 is 0 Å². The summed E-state index contributed by atoms with van der Waals surface area (Å²) in [4.78, 5) is 18.0. The number of aromatic nitrogens is 1. The van der Waals surface area contributed by atoms with E-state index in [-0.39, 0.29) is 5.91 Å². The molecule has 0 radical (unpaired) electrons. The first-order valence-electron chi connectivity index (χ1n) is 10.0. The van der Waals surface area contributed by atoms with Crippen molar-refractivity contribution in [2.45, 2.75) is 25.7 Å². The van der Waals surface area contributed by atoms with Gasteiger partial charge in [0.25, 0.3) is 0 Å². The minimum Gasteiger partial charge on any atom is -0.354 e. The molecule has 0 bridgehead atoms. The number of hydrazone groups is 1. The predicted octanol–water partition coefficient (Wildman–Crippen LogP) is 4.16. The van der Waals surface area contributed by atoms with E-state index >= 15 is 0 Å². The van der Waals surface area contributed by atoms with Gasteiger partial charge in [-0.15, -0.1) is 0 Å². The summed E-state index contributed by atoms with van der Waals surface area (Å²) in [5.74, 6) is -0.0390. The minimum atomic E-state index is -0.0390. The Hall–Kier alpha value is -2.92. The molecule has 2 heterocycles. The summed E-state index contributed by atoms with van der Waals surface area (Å²) in [5.41, 5.74) is 6.83. The van der Waals surface area contributed by atoms with Crippen molar-refractivity contribution < 1.29 is 4.79 Å². The van der Waals surface area contributed by atoms with Crippen LogP contribution < -0.4 is 5.43 Å². The molecule has 4 rings (SSSR count). The molecule has 2 aromatic carbocycles. The normalized spacial score (nSPS) is 15.3. The first-order valence-corrected chi connectivity index (χ1v) is 10.0. The topological polar surface area (TPSA) is 60.5 Å². The number of piperidine rings is 1. The van der Waals surface area contributed by atoms with Gasteiger partial charge in [-0.2, -0.15) is 5.10 Å². The average Bonchev–Trinajstić information content (AvgIpc) is 3.12. The van der Waals surface area contributed by atoms with E-state index in [4.69, 9.17) is 0 Å². The van der Waals surface area contributed by atoms with Crippen molar-refractivity contribution in [2.75, 3.05) is 19.6 Å². The number of benzene rings is 2. The van der Waals surface area contributed by atoms with Gasteiger partial charge in [-0.1, -0.05) is 55.0 Å². The lowest BCUT2D eigenvalue weighted by Gasteiger charge is -2.25. The Morgan fingerprint density at radius 2 is 1.79 bits per heavy atom. The van der Waals surface area contributed by atoms with Crippen molar-refractivity contribution in [3.63, 3.8) is 0 Å². The number of fused-ring (bicyclic) bond motifs is 1. The number of hydrogen-bond donors (Lipinski definition) is 2. The lowest BCUT2D eigenvalue weighted by atomic mass is 10.1. The smallest absolute Gasteiger partial charge is 0.241 e. The first-order chi connectivity index (χ1) is 13.8. The quantitative estimate of drug-likeness (QED) is 0.503. The van der Waals surface area contributed by atoms with Crippen LogP contribution in [-0.4, -0.2) is 41.6 Å². The van der Waals surface area contributed by atoms with E-state index in [2.05, 4.69) is 44.7 Å². The Balaban J connectivity index is 1.47. The fraction of sp³-hybridized carbons (Fsp3) is 0.304. The standard InChI is InChI=1S/C23H26N4O/c28-22(13-16-27-14-7-2-8-15-27)26-24-17-20-19-11-5-6-12-21(19)25-23(20)18-9-3-1-4-10-18/h1,3-6,9-12,17,25H,2,7-8,13-16H2,(H,26,28). The van der Waals surface area contributed by atoms with Crippen LogP contribution >= 0.6 is 0 Å². The Kier molecular flexibility index (Phi) is 5.83. The van der Waals surface area contributed by atoms with Gasteiger partial charge in [-0.25, -0.2) is 5.43 Å². The summed E-state index contributed by atoms with van der Waals surface area (Å²) in [6, 6.07) is 18.3. The van der Waals surface area contributed by atoms with Crippen LogP contribution in [0.25, 0.3) is 22.2 Å². The molecule has 0 unspecified atom stereocenters. The fourth-order valence-electron chi connectivity index (χ4n) is 3.80. The molecule has 28 heavy (non-hydrogen) atoms. The van der Waals surface area contributed by atoms with E-state index in [1.807, 2.05) is 30.3 Å². The number of carbonyl (C=O) groups is 1. The zero-order valence-corrected chi connectivity index (χ0v) is 16.0. The summed E-state index contributed by atoms with van der Waals surface area (Å²) in [7, 11) is 0. The Bertz CT molecular complexity index is 955. The number of rotatable bonds is 6. The van der Waals surface area contributed by atoms with Gasteiger partial charge >= 0.3 is 0 Å². The Morgan fingerprint density at radius 3 is 2.61 bits per heavy atom. The van der Waals surface area contributed by atoms with Crippen LogP contribution in [0, 0.1) is 0 Å². The van der Waals surface area contributed by atoms with E-state index in [0.29, 0.717) is 6.42 Å². The summed E-state index contributed by atoms with van der Waals surface area (Å²) in [5, 5.41) is 5.34. The van der Waals surface area contributed by atoms with E-state index in [0.717, 1.165) is 47.4 Å². The molecular formula is C23H26N4O. The number of nitrogens with one attached hydrogen (secondary N) is 2. The second-order valence-corrected chi connectivity index (χ2v) is 7.27. The molecular weight excluding hydrogens is 348 g/mol. The lowest BCUT2D eigenvalue weighted by Crippen LogP contribution is -2.33. The zero-order valence-electron chi connectivity index (χ0n) is 16.0. The van der Waals surface area contributed by atoms with Gasteiger partial charge < -0.3 is 9.88 Å². The van der Waals surface area contributed by atoms with Crippen LogP contribution in [0.2, 0.25) is 0 Å². The van der Waals surface area contributed by atoms with Crippen molar-refractivity contribution >= 4 is 23.0 Å². The molecule has 3 aromatic rings. The molecule has 1 saturated heterocycles. The lowest BCUT2D eigenvalue weighted by molar-refractivity contribution is -0.121. The molecule has 0 saturated carbocycles. The summed E-state index contributed by atoms with van der Waals surface area (Å²) >= 11 is 0. The Labute approximate surface area is 165 Å². The summed E-state index contributed by atoms with van der Waals surface area (Å²) in [6.45, 7) is 3.02. The monoisotopic (exact) mass is 374 g/mol. The van der Waals surface area contributed by atoms with Gasteiger partial charge in [0.1, 0.15) is 0 Å². The molecule has 1 aliphatic heterocycles. The highest BCUT2D eigenvalue weighted by atomic mass is 16.2. The average molecular weight is 374 g/mol. The van der Waals surface area contributed by atoms with E-state index in [1.54, 1.807) is 6.21 Å². The largest absolute Gasteiger partial charge is 0.354 e. The highest BCUT2D eigenvalue weighted by Gasteiger charge is 2.13. The second-order valence-electron chi connectivity index (χ2n) is 7.27. The third-order valence-corrected chi connectivity index (χ3v) is 5.30. The van der Waals surface area contributed by atoms with Crippen LogP contribution in [0.4, 0.5) is 0 Å². The third-order valence-electron chi connectivity index (χ3n) is 5.30. The van der Waals surface area contributed by atoms with Crippen LogP contribution in [0.5, 0.6) is 0 Å². The summed E-state index contributed by atoms with van der Waals surface area (Å²) in [6.07, 6.45) is 6.02. The van der Waals surface area contributed by atoms with Crippen LogP contribution in [0.1, 0.15) is 31.2 Å². The summed E-state index contributed by atoms with van der Waals surface area (Å²) < 4.78 is 0. The highest BCUT2D eigenvalue weighted by Crippen LogP contribution is 2.28. The number of aromatic amines is 1. The first kappa shape index (κ1) is 18.4. The van der Waals surface area contributed by atoms with Crippen LogP contribution in [0.15, 0.2) is 59.7 Å². The van der Waals surface area contributed by atoms with Crippen LogP contribution in [-0.2, 0) is 4.79 Å². The molecule has 5 heteroatoms. The van der Waals surface area contributed by atoms with Crippen molar-refractivity contribution in [2.24, 2.45) is 5.10 Å². The number of para-hydroxylation sites is 1. The van der Waals surface area contributed by atoms with Gasteiger partial charge in [-0.3, -0.25) is 4.79 Å². The van der Waals surface area contributed by atoms with Gasteiger partial charge in [-0.05, 0) is 37.6 Å². The SMILES string of the molecule is O=C(CCN1CCCCC1)NN=Cc1c(-c2ccccc2)[nH]c2ccccc12. The number of nitrogens with zero attached hydrogens (tertiary/aromatic N) is 2. The minimum absolute atomic E-state index is 0.0390. The Morgan fingerprint density at radius 1 is 1.04 bits per heavy atom. The second kappa shape index (κ2) is 8.85. The molecule has 2 N–H and O–H groups in total. The number of likely N-dealkylation sites (tertiary alicyclic amines) is 1. The molecule has 0 atom stereocenters. The van der Waals surface area contributed by atoms with E-state index in [9.17, 15) is 4.79 Å². The maximum Gasteiger partial charge on any atom is 0.241 e. The number of hydrogen-bond acceptors (Lipinski definition) is 3. The number of H-pyrrole nitrogens is 1. The molecule has 5 nitrogen and oxygen atoms in total. The van der Waals surface area contributed by atoms with Crippen molar-refractivity contribution in [1.82, 2.24) is 15.3 Å². The van der Waals surface area contributed by atoms with Crippen molar-refractivity contribution in [3.8, 4) is 11.3 Å². The van der Waals surface area contributed by atoms with E-state index in [1.165, 1.54) is 19.3 Å². The van der Waals surface area contributed by atoms with Gasteiger partial charge in [0, 0.05) is 29.4 Å². The fourth-order valence-corrected chi connectivity index (χ4v) is 3.80. The molecule has 1 aromatic heterocycles. The predicted molar refractivity (Wildman–Crippen MR) is 114 cm³/mol. The maximum absolute atomic E-state index is 12.2. The molecule has 1 aliphatic rings. The number of amides is 1. The van der Waals surface area contributed by atoms with Crippen molar-refractivity contribution in [1.29, 1.82) is 0 Å². The van der Waals surface area contributed by atoms with Gasteiger partial charge in [0.15, 0.2) is 0 Å². The number of carbonyl (C=O) groups excluding carboxylic acids is 1. The molecule has 0 spiro atoms. The van der Waals surface area contributed by atoms with Crippen LogP contribution in [0.3, 0.4) is 0 Å². The highest BCUT2D eigenvalue weighted by molar-refractivity contribution is 6.06.